The van der Waals surface area contributed by atoms with Gasteiger partial charge in [0.15, 0.2) is 0 Å². The van der Waals surface area contributed by atoms with E-state index < -0.39 is 0 Å². The standard InChI is InChI=1S/C51H37N/c1-3-15-43(16-4-1)51(49-23-11-17-41-13-7-9-21-47(41)49)44-31-29-39(30-32-44)37-25-27-38(28-26-37)40-33-35-46(36-34-40)52(45-19-5-2-6-20-45)50-24-12-18-42-14-8-10-22-48(42)50/h1-36,51H. The van der Waals surface area contributed by atoms with Gasteiger partial charge in [-0.05, 0) is 85.4 Å². The van der Waals surface area contributed by atoms with Gasteiger partial charge in [-0.3, -0.25) is 0 Å². The molecule has 0 saturated carbocycles. The number of hydrogen-bond acceptors (Lipinski definition) is 1. The Kier molecular flexibility index (Phi) is 8.37. The summed E-state index contributed by atoms with van der Waals surface area (Å²) >= 11 is 0. The summed E-state index contributed by atoms with van der Waals surface area (Å²) < 4.78 is 0. The van der Waals surface area contributed by atoms with Crippen molar-refractivity contribution in [3.63, 3.8) is 0 Å². The van der Waals surface area contributed by atoms with Gasteiger partial charge in [-0.2, -0.15) is 0 Å². The molecule has 0 fully saturated rings. The molecule has 9 aromatic rings. The molecular weight excluding hydrogens is 627 g/mol. The lowest BCUT2D eigenvalue weighted by Gasteiger charge is -2.27. The fraction of sp³-hybridized carbons (Fsp3) is 0.0196. The third kappa shape index (κ3) is 6.04. The fourth-order valence-electron chi connectivity index (χ4n) is 7.63. The topological polar surface area (TPSA) is 3.24 Å². The van der Waals surface area contributed by atoms with Gasteiger partial charge >= 0.3 is 0 Å². The van der Waals surface area contributed by atoms with Crippen LogP contribution in [-0.2, 0) is 0 Å². The first-order valence-electron chi connectivity index (χ1n) is 18.0. The number of para-hydroxylation sites is 1. The minimum Gasteiger partial charge on any atom is -0.310 e. The van der Waals surface area contributed by atoms with Gasteiger partial charge in [0, 0.05) is 22.7 Å². The molecule has 52 heavy (non-hydrogen) atoms. The highest BCUT2D eigenvalue weighted by Gasteiger charge is 2.19. The Morgan fingerprint density at radius 3 is 1.35 bits per heavy atom. The summed E-state index contributed by atoms with van der Waals surface area (Å²) in [7, 11) is 0. The molecule has 0 amide bonds. The van der Waals surface area contributed by atoms with Crippen LogP contribution < -0.4 is 4.90 Å². The summed E-state index contributed by atoms with van der Waals surface area (Å²) in [5.41, 5.74) is 12.1. The highest BCUT2D eigenvalue weighted by molar-refractivity contribution is 5.99. The molecule has 0 aliphatic carbocycles. The lowest BCUT2D eigenvalue weighted by atomic mass is 9.82. The summed E-state index contributed by atoms with van der Waals surface area (Å²) in [6.07, 6.45) is 0. The first kappa shape index (κ1) is 31.3. The van der Waals surface area contributed by atoms with E-state index in [1.807, 2.05) is 0 Å². The van der Waals surface area contributed by atoms with E-state index in [1.54, 1.807) is 0 Å². The average Bonchev–Trinajstić information content (AvgIpc) is 3.23. The Balaban J connectivity index is 1.00. The van der Waals surface area contributed by atoms with Crippen molar-refractivity contribution in [1.82, 2.24) is 0 Å². The van der Waals surface area contributed by atoms with Gasteiger partial charge in [-0.1, -0.05) is 188 Å². The molecule has 9 aromatic carbocycles. The van der Waals surface area contributed by atoms with E-state index in [2.05, 4.69) is 223 Å². The Labute approximate surface area is 305 Å². The minimum absolute atomic E-state index is 0.144. The Morgan fingerprint density at radius 1 is 0.288 bits per heavy atom. The molecule has 9 rings (SSSR count). The van der Waals surface area contributed by atoms with Crippen LogP contribution in [0.2, 0.25) is 0 Å². The second-order valence-electron chi connectivity index (χ2n) is 13.3. The molecule has 0 bridgehead atoms. The van der Waals surface area contributed by atoms with E-state index in [4.69, 9.17) is 0 Å². The quantitative estimate of drug-likeness (QED) is 0.146. The molecule has 0 aromatic heterocycles. The predicted molar refractivity (Wildman–Crippen MR) is 221 cm³/mol. The Morgan fingerprint density at radius 2 is 0.712 bits per heavy atom. The molecular formula is C51H37N. The largest absolute Gasteiger partial charge is 0.310 e. The third-order valence-electron chi connectivity index (χ3n) is 10.2. The van der Waals surface area contributed by atoms with Crippen molar-refractivity contribution in [3.8, 4) is 22.3 Å². The summed E-state index contributed by atoms with van der Waals surface area (Å²) in [5.74, 6) is 0.144. The summed E-state index contributed by atoms with van der Waals surface area (Å²) in [6.45, 7) is 0. The molecule has 0 N–H and O–H groups in total. The van der Waals surface area contributed by atoms with E-state index in [-0.39, 0.29) is 5.92 Å². The number of benzene rings is 9. The normalized spacial score (nSPS) is 11.8. The van der Waals surface area contributed by atoms with E-state index in [0.29, 0.717) is 0 Å². The summed E-state index contributed by atoms with van der Waals surface area (Å²) in [4.78, 5) is 2.35. The van der Waals surface area contributed by atoms with Gasteiger partial charge in [0.1, 0.15) is 0 Å². The first-order chi connectivity index (χ1) is 25.8. The Bertz CT molecular complexity index is 2390. The monoisotopic (exact) mass is 663 g/mol. The molecule has 0 radical (unpaired) electrons. The predicted octanol–water partition coefficient (Wildman–Crippen LogP) is 14.0. The average molecular weight is 664 g/mol. The molecule has 246 valence electrons. The molecule has 1 atom stereocenters. The van der Waals surface area contributed by atoms with Gasteiger partial charge in [0.05, 0.1) is 5.69 Å². The lowest BCUT2D eigenvalue weighted by Crippen LogP contribution is -2.10. The Hall–Kier alpha value is -6.70. The SMILES string of the molecule is c1ccc(C(c2ccc(-c3ccc(-c4ccc(N(c5ccccc5)c5cccc6ccccc56)cc4)cc3)cc2)c2cccc3ccccc23)cc1. The maximum atomic E-state index is 2.35. The van der Waals surface area contributed by atoms with Gasteiger partial charge in [-0.15, -0.1) is 0 Å². The van der Waals surface area contributed by atoms with Crippen LogP contribution in [0.3, 0.4) is 0 Å². The van der Waals surface area contributed by atoms with E-state index in [0.717, 1.165) is 11.4 Å². The van der Waals surface area contributed by atoms with Crippen LogP contribution in [0.4, 0.5) is 17.1 Å². The fourth-order valence-corrected chi connectivity index (χ4v) is 7.63. The lowest BCUT2D eigenvalue weighted by molar-refractivity contribution is 0.989. The zero-order valence-corrected chi connectivity index (χ0v) is 28.8. The maximum absolute atomic E-state index is 2.35. The van der Waals surface area contributed by atoms with Gasteiger partial charge in [0.25, 0.3) is 0 Å². The van der Waals surface area contributed by atoms with Crippen molar-refractivity contribution < 1.29 is 0 Å². The molecule has 1 nitrogen and oxygen atoms in total. The molecule has 0 aliphatic rings. The highest BCUT2D eigenvalue weighted by atomic mass is 15.1. The number of hydrogen-bond donors (Lipinski definition) is 0. The van der Waals surface area contributed by atoms with Crippen LogP contribution >= 0.6 is 0 Å². The van der Waals surface area contributed by atoms with Crippen LogP contribution in [-0.4, -0.2) is 0 Å². The van der Waals surface area contributed by atoms with Crippen molar-refractivity contribution in [2.45, 2.75) is 5.92 Å². The summed E-state index contributed by atoms with van der Waals surface area (Å²) in [5, 5.41) is 5.03. The van der Waals surface area contributed by atoms with Crippen molar-refractivity contribution in [1.29, 1.82) is 0 Å². The van der Waals surface area contributed by atoms with Crippen LogP contribution in [0, 0.1) is 0 Å². The zero-order chi connectivity index (χ0) is 34.7. The van der Waals surface area contributed by atoms with E-state index in [9.17, 15) is 0 Å². The summed E-state index contributed by atoms with van der Waals surface area (Å²) in [6, 6.07) is 79.0. The molecule has 0 aliphatic heterocycles. The molecule has 0 heterocycles. The minimum atomic E-state index is 0.144. The number of fused-ring (bicyclic) bond motifs is 2. The van der Waals surface area contributed by atoms with Gasteiger partial charge < -0.3 is 4.90 Å². The zero-order valence-electron chi connectivity index (χ0n) is 28.8. The molecule has 0 saturated heterocycles. The highest BCUT2D eigenvalue weighted by Crippen LogP contribution is 2.40. The number of anilines is 3. The van der Waals surface area contributed by atoms with Crippen molar-refractivity contribution in [3.05, 3.63) is 235 Å². The maximum Gasteiger partial charge on any atom is 0.0540 e. The van der Waals surface area contributed by atoms with Gasteiger partial charge in [0.2, 0.25) is 0 Å². The van der Waals surface area contributed by atoms with Gasteiger partial charge in [-0.25, -0.2) is 0 Å². The van der Waals surface area contributed by atoms with Crippen LogP contribution in [0.1, 0.15) is 22.6 Å². The second kappa shape index (κ2) is 13.9. The van der Waals surface area contributed by atoms with Crippen LogP contribution in [0.15, 0.2) is 218 Å². The van der Waals surface area contributed by atoms with Crippen LogP contribution in [0.5, 0.6) is 0 Å². The van der Waals surface area contributed by atoms with Crippen molar-refractivity contribution >= 4 is 38.6 Å². The second-order valence-corrected chi connectivity index (χ2v) is 13.3. The van der Waals surface area contributed by atoms with Crippen molar-refractivity contribution in [2.75, 3.05) is 4.90 Å². The number of rotatable bonds is 8. The smallest absolute Gasteiger partial charge is 0.0540 e. The molecule has 1 unspecified atom stereocenters. The molecule has 0 spiro atoms. The third-order valence-corrected chi connectivity index (χ3v) is 10.2. The van der Waals surface area contributed by atoms with Crippen LogP contribution in [0.25, 0.3) is 43.8 Å². The molecule has 1 heteroatoms. The van der Waals surface area contributed by atoms with E-state index in [1.165, 1.54) is 66.2 Å². The first-order valence-corrected chi connectivity index (χ1v) is 18.0. The number of nitrogens with zero attached hydrogens (tertiary/aromatic N) is 1. The van der Waals surface area contributed by atoms with Crippen molar-refractivity contribution in [2.24, 2.45) is 0 Å². The van der Waals surface area contributed by atoms with E-state index >= 15 is 0 Å².